The van der Waals surface area contributed by atoms with Crippen molar-refractivity contribution in [2.75, 3.05) is 6.61 Å². The van der Waals surface area contributed by atoms with Crippen LogP contribution in [0.2, 0.25) is 0 Å². The van der Waals surface area contributed by atoms with Crippen LogP contribution in [-0.4, -0.2) is 36.4 Å². The van der Waals surface area contributed by atoms with E-state index < -0.39 is 29.7 Å². The lowest BCUT2D eigenvalue weighted by atomic mass is 9.99. The minimum atomic E-state index is -0.768. The molecule has 0 N–H and O–H groups in total. The van der Waals surface area contributed by atoms with Gasteiger partial charge < -0.3 is 14.2 Å². The summed E-state index contributed by atoms with van der Waals surface area (Å²) in [5.74, 6) is 4.86. The molecule has 3 atom stereocenters. The molecule has 0 aromatic carbocycles. The summed E-state index contributed by atoms with van der Waals surface area (Å²) >= 11 is 0. The van der Waals surface area contributed by atoms with Crippen molar-refractivity contribution in [1.82, 2.24) is 0 Å². The molecule has 0 aliphatic carbocycles. The molecule has 0 saturated heterocycles. The second kappa shape index (κ2) is 6.39. The topological polar surface area (TPSA) is 61.8 Å². The minimum Gasteiger partial charge on any atom is -0.463 e. The van der Waals surface area contributed by atoms with E-state index in [0.29, 0.717) is 0 Å². The van der Waals surface area contributed by atoms with E-state index >= 15 is 0 Å². The van der Waals surface area contributed by atoms with Gasteiger partial charge in [-0.05, 0) is 26.0 Å². The number of esters is 2. The number of rotatable bonds is 3. The summed E-state index contributed by atoms with van der Waals surface area (Å²) in [6.45, 7) is 6.14. The minimum absolute atomic E-state index is 0.0125. The summed E-state index contributed by atoms with van der Waals surface area (Å²) < 4.78 is 15.8. The lowest BCUT2D eigenvalue weighted by Crippen LogP contribution is -2.45. The Balaban J connectivity index is 2.85. The molecule has 0 aromatic rings. The molecule has 5 nitrogen and oxygen atoms in total. The van der Waals surface area contributed by atoms with E-state index in [9.17, 15) is 9.59 Å². The molecule has 0 aromatic heterocycles. The van der Waals surface area contributed by atoms with Crippen molar-refractivity contribution in [2.45, 2.75) is 45.5 Å². The second-order valence-corrected chi connectivity index (χ2v) is 4.37. The zero-order valence-corrected chi connectivity index (χ0v) is 11.6. The Kier molecular flexibility index (Phi) is 5.13. The van der Waals surface area contributed by atoms with Crippen molar-refractivity contribution in [2.24, 2.45) is 0 Å². The van der Waals surface area contributed by atoms with Gasteiger partial charge >= 0.3 is 11.9 Å². The van der Waals surface area contributed by atoms with Crippen molar-refractivity contribution in [3.05, 3.63) is 12.2 Å². The van der Waals surface area contributed by atoms with E-state index in [0.717, 1.165) is 0 Å². The van der Waals surface area contributed by atoms with Crippen LogP contribution >= 0.6 is 0 Å². The molecule has 0 bridgehead atoms. The first-order valence-corrected chi connectivity index (χ1v) is 5.98. The number of carbonyl (C=O) groups is 2. The van der Waals surface area contributed by atoms with E-state index in [2.05, 4.69) is 11.8 Å². The molecule has 1 aliphatic rings. The van der Waals surface area contributed by atoms with Crippen molar-refractivity contribution < 1.29 is 23.8 Å². The van der Waals surface area contributed by atoms with E-state index in [1.807, 2.05) is 0 Å². The smallest absolute Gasteiger partial charge is 0.303 e. The highest BCUT2D eigenvalue weighted by Crippen LogP contribution is 2.24. The van der Waals surface area contributed by atoms with Crippen LogP contribution in [-0.2, 0) is 23.8 Å². The zero-order valence-electron chi connectivity index (χ0n) is 11.6. The zero-order chi connectivity index (χ0) is 14.5. The number of carbonyl (C=O) groups excluding carboxylic acids is 2. The molecule has 1 heterocycles. The van der Waals surface area contributed by atoms with Crippen molar-refractivity contribution in [3.8, 4) is 11.8 Å². The molecule has 0 saturated carbocycles. The van der Waals surface area contributed by atoms with Gasteiger partial charge in [-0.1, -0.05) is 5.92 Å². The molecule has 5 heteroatoms. The summed E-state index contributed by atoms with van der Waals surface area (Å²) in [5.41, 5.74) is -0.768. The standard InChI is InChI=1S/C14H18O5/c1-5-7-14(4)8-6-12(18-11(3)16)13(19-14)9-17-10(2)15/h6,8,12-13H,9H2,1-4H3/t12-,13+,14+/m0/s1. The first-order chi connectivity index (χ1) is 8.86. The highest BCUT2D eigenvalue weighted by molar-refractivity contribution is 5.67. The van der Waals surface area contributed by atoms with Crippen LogP contribution in [0.3, 0.4) is 0 Å². The summed E-state index contributed by atoms with van der Waals surface area (Å²) in [4.78, 5) is 21.9. The van der Waals surface area contributed by atoms with Crippen molar-refractivity contribution in [3.63, 3.8) is 0 Å². The fraction of sp³-hybridized carbons (Fsp3) is 0.571. The number of ether oxygens (including phenoxy) is 3. The lowest BCUT2D eigenvalue weighted by molar-refractivity contribution is -0.167. The van der Waals surface area contributed by atoms with Gasteiger partial charge in [-0.15, -0.1) is 5.92 Å². The van der Waals surface area contributed by atoms with Crippen LogP contribution in [0.25, 0.3) is 0 Å². The predicted molar refractivity (Wildman–Crippen MR) is 68.1 cm³/mol. The quantitative estimate of drug-likeness (QED) is 0.436. The predicted octanol–water partition coefficient (Wildman–Crippen LogP) is 1.22. The van der Waals surface area contributed by atoms with Crippen LogP contribution in [0.15, 0.2) is 12.2 Å². The fourth-order valence-electron chi connectivity index (χ4n) is 1.78. The molecule has 104 valence electrons. The molecule has 0 radical (unpaired) electrons. The third kappa shape index (κ3) is 4.76. The first-order valence-electron chi connectivity index (χ1n) is 5.98. The molecular formula is C14H18O5. The van der Waals surface area contributed by atoms with Gasteiger partial charge in [-0.2, -0.15) is 0 Å². The van der Waals surface area contributed by atoms with E-state index in [4.69, 9.17) is 14.2 Å². The highest BCUT2D eigenvalue weighted by atomic mass is 16.6. The summed E-state index contributed by atoms with van der Waals surface area (Å²) in [7, 11) is 0. The molecule has 1 aliphatic heterocycles. The van der Waals surface area contributed by atoms with Crippen LogP contribution in [0.1, 0.15) is 27.7 Å². The third-order valence-electron chi connectivity index (χ3n) is 2.49. The Bertz CT molecular complexity index is 442. The fourth-order valence-corrected chi connectivity index (χ4v) is 1.78. The Morgan fingerprint density at radius 1 is 1.37 bits per heavy atom. The van der Waals surface area contributed by atoms with E-state index in [1.165, 1.54) is 13.8 Å². The van der Waals surface area contributed by atoms with E-state index in [1.54, 1.807) is 26.0 Å². The van der Waals surface area contributed by atoms with Crippen molar-refractivity contribution in [1.29, 1.82) is 0 Å². The summed E-state index contributed by atoms with van der Waals surface area (Å²) in [6.07, 6.45) is 2.30. The van der Waals surface area contributed by atoms with Crippen LogP contribution < -0.4 is 0 Å². The SMILES string of the molecule is CC#C[C@]1(C)C=C[C@H](OC(C)=O)[C@@H](COC(C)=O)O1. The van der Waals surface area contributed by atoms with Gasteiger partial charge in [0.05, 0.1) is 0 Å². The van der Waals surface area contributed by atoms with Gasteiger partial charge in [0.1, 0.15) is 24.4 Å². The van der Waals surface area contributed by atoms with E-state index in [-0.39, 0.29) is 6.61 Å². The lowest BCUT2D eigenvalue weighted by Gasteiger charge is -2.35. The molecule has 0 spiro atoms. The van der Waals surface area contributed by atoms with Crippen LogP contribution in [0.5, 0.6) is 0 Å². The summed E-state index contributed by atoms with van der Waals surface area (Å²) in [5, 5.41) is 0. The molecular weight excluding hydrogens is 248 g/mol. The monoisotopic (exact) mass is 266 g/mol. The third-order valence-corrected chi connectivity index (χ3v) is 2.49. The van der Waals surface area contributed by atoms with Gasteiger partial charge in [0, 0.05) is 13.8 Å². The molecule has 1 rings (SSSR count). The second-order valence-electron chi connectivity index (χ2n) is 4.37. The molecule has 0 amide bonds. The van der Waals surface area contributed by atoms with Crippen LogP contribution in [0.4, 0.5) is 0 Å². The molecule has 0 fully saturated rings. The molecule has 19 heavy (non-hydrogen) atoms. The average molecular weight is 266 g/mol. The van der Waals surface area contributed by atoms with Gasteiger partial charge in [-0.25, -0.2) is 0 Å². The highest BCUT2D eigenvalue weighted by Gasteiger charge is 2.35. The van der Waals surface area contributed by atoms with Gasteiger partial charge in [-0.3, -0.25) is 9.59 Å². The number of hydrogen-bond donors (Lipinski definition) is 0. The maximum absolute atomic E-state index is 11.0. The Morgan fingerprint density at radius 2 is 2.05 bits per heavy atom. The normalized spacial score (nSPS) is 29.1. The Labute approximate surface area is 112 Å². The largest absolute Gasteiger partial charge is 0.463 e. The maximum atomic E-state index is 11.0. The van der Waals surface area contributed by atoms with Gasteiger partial charge in [0.25, 0.3) is 0 Å². The molecule has 0 unspecified atom stereocenters. The number of hydrogen-bond acceptors (Lipinski definition) is 5. The Hall–Kier alpha value is -1.80. The van der Waals surface area contributed by atoms with Crippen LogP contribution in [0, 0.1) is 11.8 Å². The Morgan fingerprint density at radius 3 is 2.58 bits per heavy atom. The van der Waals surface area contributed by atoms with Gasteiger partial charge in [0.15, 0.2) is 0 Å². The van der Waals surface area contributed by atoms with Gasteiger partial charge in [0.2, 0.25) is 0 Å². The van der Waals surface area contributed by atoms with Crippen molar-refractivity contribution >= 4 is 11.9 Å². The first kappa shape index (κ1) is 15.3. The average Bonchev–Trinajstić information content (AvgIpc) is 2.29. The maximum Gasteiger partial charge on any atom is 0.303 e. The summed E-state index contributed by atoms with van der Waals surface area (Å²) in [6, 6.07) is 0.